The second-order valence-electron chi connectivity index (χ2n) is 3.02. The van der Waals surface area contributed by atoms with Crippen molar-refractivity contribution in [3.8, 4) is 0 Å². The summed E-state index contributed by atoms with van der Waals surface area (Å²) in [7, 11) is 0. The first-order chi connectivity index (χ1) is 8.32. The van der Waals surface area contributed by atoms with E-state index in [4.69, 9.17) is 5.48 Å². The van der Waals surface area contributed by atoms with E-state index >= 15 is 0 Å². The third-order valence-electron chi connectivity index (χ3n) is 1.92. The highest BCUT2D eigenvalue weighted by molar-refractivity contribution is 5.94. The monoisotopic (exact) mass is 195 g/mol. The molecule has 0 aliphatic rings. The van der Waals surface area contributed by atoms with Gasteiger partial charge in [0.1, 0.15) is 0 Å². The zero-order valence-corrected chi connectivity index (χ0v) is 8.16. The molecule has 2 nitrogen and oxygen atoms in total. The molecule has 76 valence electrons. The third kappa shape index (κ3) is 3.21. The Hall–Kier alpha value is -1.31. The van der Waals surface area contributed by atoms with Crippen LogP contribution < -0.4 is 5.32 Å². The normalized spacial score (nSPS) is 19.5. The quantitative estimate of drug-likeness (QED) is 0.785. The van der Waals surface area contributed by atoms with Gasteiger partial charge in [-0.25, -0.2) is 0 Å². The van der Waals surface area contributed by atoms with Gasteiger partial charge in [0, 0.05) is 17.6 Å². The molecule has 0 aliphatic carbocycles. The Kier molecular flexibility index (Phi) is 2.41. The van der Waals surface area contributed by atoms with E-state index in [1.807, 2.05) is 0 Å². The van der Waals surface area contributed by atoms with Crippen molar-refractivity contribution >= 4 is 5.91 Å². The maximum atomic E-state index is 11.7. The molecule has 0 fully saturated rings. The molecule has 0 saturated heterocycles. The summed E-state index contributed by atoms with van der Waals surface area (Å²) in [5.74, 6) is -1.17. The number of hydrogen-bond acceptors (Lipinski definition) is 1. The zero-order valence-electron chi connectivity index (χ0n) is 12.2. The first-order valence-electron chi connectivity index (χ1n) is 6.65. The lowest BCUT2D eigenvalue weighted by Gasteiger charge is -2.09. The van der Waals surface area contributed by atoms with Gasteiger partial charge in [-0.3, -0.25) is 4.79 Å². The van der Waals surface area contributed by atoms with Crippen LogP contribution in [0.25, 0.3) is 0 Å². The molecule has 0 aromatic heterocycles. The standard InChI is InChI=1S/C12H17NO/c1-3-10(2)9-13-12(14)11-7-5-4-6-8-11/h4-8,10H,3,9H2,1-2H3,(H,13,14)/i2D3,3D. The largest absolute Gasteiger partial charge is 0.352 e. The van der Waals surface area contributed by atoms with E-state index in [1.165, 1.54) is 6.92 Å². The summed E-state index contributed by atoms with van der Waals surface area (Å²) in [6.45, 7) is -0.730. The van der Waals surface area contributed by atoms with E-state index in [9.17, 15) is 4.79 Å². The van der Waals surface area contributed by atoms with Crippen LogP contribution in [-0.2, 0) is 0 Å². The van der Waals surface area contributed by atoms with Crippen LogP contribution in [0.5, 0.6) is 0 Å². The molecule has 1 amide bonds. The average molecular weight is 195 g/mol. The topological polar surface area (TPSA) is 29.1 Å². The summed E-state index contributed by atoms with van der Waals surface area (Å²) >= 11 is 0. The van der Waals surface area contributed by atoms with Crippen LogP contribution in [0.4, 0.5) is 0 Å². The zero-order chi connectivity index (χ0) is 13.8. The van der Waals surface area contributed by atoms with Gasteiger partial charge >= 0.3 is 0 Å². The molecular weight excluding hydrogens is 174 g/mol. The van der Waals surface area contributed by atoms with Gasteiger partial charge in [-0.2, -0.15) is 0 Å². The predicted molar refractivity (Wildman–Crippen MR) is 58.2 cm³/mol. The van der Waals surface area contributed by atoms with Gasteiger partial charge in [-0.1, -0.05) is 38.4 Å². The van der Waals surface area contributed by atoms with Crippen molar-refractivity contribution in [2.24, 2.45) is 5.92 Å². The lowest BCUT2D eigenvalue weighted by atomic mass is 10.1. The number of carbonyl (C=O) groups excluding carboxylic acids is 1. The SMILES string of the molecule is [2H]C(C)C(CNC(=O)c1ccccc1)C([2H])([2H])[2H]. The summed E-state index contributed by atoms with van der Waals surface area (Å²) in [6, 6.07) is 8.59. The molecule has 2 atom stereocenters. The number of rotatable bonds is 4. The smallest absolute Gasteiger partial charge is 0.251 e. The van der Waals surface area contributed by atoms with Crippen molar-refractivity contribution in [1.82, 2.24) is 5.32 Å². The molecule has 1 aromatic rings. The Balaban J connectivity index is 2.61. The van der Waals surface area contributed by atoms with Crippen molar-refractivity contribution in [3.63, 3.8) is 0 Å². The highest BCUT2D eigenvalue weighted by Gasteiger charge is 2.05. The van der Waals surface area contributed by atoms with E-state index in [0.29, 0.717) is 5.56 Å². The summed E-state index contributed by atoms with van der Waals surface area (Å²) in [5.41, 5.74) is 0.486. The van der Waals surface area contributed by atoms with Gasteiger partial charge in [0.05, 0.1) is 0 Å². The van der Waals surface area contributed by atoms with Crippen LogP contribution in [0.2, 0.25) is 0 Å². The molecule has 1 N–H and O–H groups in total. The fourth-order valence-corrected chi connectivity index (χ4v) is 1.01. The van der Waals surface area contributed by atoms with Crippen LogP contribution >= 0.6 is 0 Å². The van der Waals surface area contributed by atoms with Crippen molar-refractivity contribution in [1.29, 1.82) is 0 Å². The predicted octanol–water partition coefficient (Wildman–Crippen LogP) is 2.46. The molecule has 0 saturated carbocycles. The molecule has 0 spiro atoms. The number of carbonyl (C=O) groups is 1. The van der Waals surface area contributed by atoms with Crippen molar-refractivity contribution in [3.05, 3.63) is 35.9 Å². The Bertz CT molecular complexity index is 389. The number of nitrogens with one attached hydrogen (secondary N) is 1. The van der Waals surface area contributed by atoms with Crippen LogP contribution in [0.1, 0.15) is 36.0 Å². The summed E-state index contributed by atoms with van der Waals surface area (Å²) < 4.78 is 29.5. The first kappa shape index (κ1) is 6.23. The molecule has 0 heterocycles. The molecule has 0 radical (unpaired) electrons. The van der Waals surface area contributed by atoms with Crippen LogP contribution in [0, 0.1) is 5.92 Å². The molecule has 2 unspecified atom stereocenters. The summed E-state index contributed by atoms with van der Waals surface area (Å²) in [5, 5.41) is 2.57. The summed E-state index contributed by atoms with van der Waals surface area (Å²) in [6.07, 6.45) is -0.756. The van der Waals surface area contributed by atoms with Crippen molar-refractivity contribution < 1.29 is 10.3 Å². The molecule has 0 aliphatic heterocycles. The van der Waals surface area contributed by atoms with Gasteiger partial charge < -0.3 is 5.32 Å². The van der Waals surface area contributed by atoms with Crippen molar-refractivity contribution in [2.45, 2.75) is 20.2 Å². The molecule has 1 rings (SSSR count). The van der Waals surface area contributed by atoms with E-state index in [-0.39, 0.29) is 12.5 Å². The maximum Gasteiger partial charge on any atom is 0.251 e. The summed E-state index contributed by atoms with van der Waals surface area (Å²) in [4.78, 5) is 11.7. The average Bonchev–Trinajstić information content (AvgIpc) is 2.28. The lowest BCUT2D eigenvalue weighted by Crippen LogP contribution is -2.27. The molecule has 2 heteroatoms. The minimum Gasteiger partial charge on any atom is -0.352 e. The number of benzene rings is 1. The van der Waals surface area contributed by atoms with Crippen LogP contribution in [0.3, 0.4) is 0 Å². The fourth-order valence-electron chi connectivity index (χ4n) is 1.01. The Labute approximate surface area is 91.0 Å². The van der Waals surface area contributed by atoms with Gasteiger partial charge in [-0.15, -0.1) is 0 Å². The minimum atomic E-state index is -2.23. The molecule has 1 aromatic carbocycles. The Morgan fingerprint density at radius 3 is 2.86 bits per heavy atom. The molecular formula is C12H17NO. The second kappa shape index (κ2) is 5.43. The second-order valence-corrected chi connectivity index (χ2v) is 3.02. The van der Waals surface area contributed by atoms with Gasteiger partial charge in [0.25, 0.3) is 5.91 Å². The van der Waals surface area contributed by atoms with Gasteiger partial charge in [0.2, 0.25) is 0 Å². The Morgan fingerprint density at radius 2 is 2.29 bits per heavy atom. The third-order valence-corrected chi connectivity index (χ3v) is 1.92. The van der Waals surface area contributed by atoms with E-state index in [2.05, 4.69) is 5.32 Å². The number of hydrogen-bond donors (Lipinski definition) is 1. The number of amides is 1. The van der Waals surface area contributed by atoms with Crippen LogP contribution in [0.15, 0.2) is 30.3 Å². The lowest BCUT2D eigenvalue weighted by molar-refractivity contribution is 0.0948. The molecule has 0 bridgehead atoms. The van der Waals surface area contributed by atoms with Crippen LogP contribution in [-0.4, -0.2) is 12.5 Å². The van der Waals surface area contributed by atoms with E-state index in [0.717, 1.165) is 0 Å². The van der Waals surface area contributed by atoms with Gasteiger partial charge in [0.15, 0.2) is 0 Å². The Morgan fingerprint density at radius 1 is 1.57 bits per heavy atom. The van der Waals surface area contributed by atoms with E-state index in [1.54, 1.807) is 30.3 Å². The highest BCUT2D eigenvalue weighted by atomic mass is 16.1. The first-order valence-corrected chi connectivity index (χ1v) is 4.58. The highest BCUT2D eigenvalue weighted by Crippen LogP contribution is 2.00. The minimum absolute atomic E-state index is 0.0190. The fraction of sp³-hybridized carbons (Fsp3) is 0.417. The van der Waals surface area contributed by atoms with Crippen molar-refractivity contribution in [2.75, 3.05) is 6.54 Å². The van der Waals surface area contributed by atoms with Gasteiger partial charge in [-0.05, 0) is 18.1 Å². The molecule has 14 heavy (non-hydrogen) atoms. The maximum absolute atomic E-state index is 11.7. The van der Waals surface area contributed by atoms with E-state index < -0.39 is 19.2 Å².